The van der Waals surface area contributed by atoms with Crippen molar-refractivity contribution in [2.24, 2.45) is 5.92 Å². The van der Waals surface area contributed by atoms with E-state index >= 15 is 0 Å². The highest BCUT2D eigenvalue weighted by Gasteiger charge is 2.25. The lowest BCUT2D eigenvalue weighted by molar-refractivity contribution is 0.383. The van der Waals surface area contributed by atoms with E-state index in [1.807, 2.05) is 18.2 Å². The molecule has 1 aliphatic rings. The molecule has 1 heterocycles. The van der Waals surface area contributed by atoms with Gasteiger partial charge in [0.1, 0.15) is 0 Å². The maximum absolute atomic E-state index is 6.28. The standard InChI is InChI=1S/C15H22Cl2N2/c1-15(2,3)18-9-11-7-8-19(10-11)13-6-4-5-12(16)14(13)17/h4-6,11,18H,7-10H2,1-3H3. The van der Waals surface area contributed by atoms with Crippen LogP contribution in [0.2, 0.25) is 10.0 Å². The minimum Gasteiger partial charge on any atom is -0.370 e. The second-order valence-electron chi connectivity index (χ2n) is 6.30. The van der Waals surface area contributed by atoms with E-state index in [0.717, 1.165) is 25.3 Å². The van der Waals surface area contributed by atoms with Gasteiger partial charge in [-0.2, -0.15) is 0 Å². The molecule has 1 aromatic rings. The normalized spacial score (nSPS) is 20.1. The Hall–Kier alpha value is -0.440. The van der Waals surface area contributed by atoms with Gasteiger partial charge >= 0.3 is 0 Å². The van der Waals surface area contributed by atoms with Crippen molar-refractivity contribution in [3.63, 3.8) is 0 Å². The Balaban J connectivity index is 1.97. The number of hydrogen-bond acceptors (Lipinski definition) is 2. The fourth-order valence-electron chi connectivity index (χ4n) is 2.41. The molecule has 4 heteroatoms. The smallest absolute Gasteiger partial charge is 0.0825 e. The summed E-state index contributed by atoms with van der Waals surface area (Å²) in [4.78, 5) is 2.34. The van der Waals surface area contributed by atoms with Crippen LogP contribution in [0.25, 0.3) is 0 Å². The topological polar surface area (TPSA) is 15.3 Å². The summed E-state index contributed by atoms with van der Waals surface area (Å²) >= 11 is 12.4. The average Bonchev–Trinajstić information content (AvgIpc) is 2.78. The molecule has 0 saturated carbocycles. The monoisotopic (exact) mass is 300 g/mol. The van der Waals surface area contributed by atoms with Crippen LogP contribution in [-0.4, -0.2) is 25.2 Å². The summed E-state index contributed by atoms with van der Waals surface area (Å²) in [6, 6.07) is 5.85. The lowest BCUT2D eigenvalue weighted by atomic mass is 10.1. The molecule has 2 rings (SSSR count). The molecule has 1 N–H and O–H groups in total. The number of halogens is 2. The van der Waals surface area contributed by atoms with Gasteiger partial charge in [-0.05, 0) is 45.2 Å². The molecular formula is C15H22Cl2N2. The van der Waals surface area contributed by atoms with Gasteiger partial charge in [-0.15, -0.1) is 0 Å². The Morgan fingerprint density at radius 2 is 2.05 bits per heavy atom. The van der Waals surface area contributed by atoms with E-state index in [1.165, 1.54) is 6.42 Å². The van der Waals surface area contributed by atoms with Crippen LogP contribution in [0.5, 0.6) is 0 Å². The van der Waals surface area contributed by atoms with Gasteiger partial charge in [0.25, 0.3) is 0 Å². The zero-order valence-electron chi connectivity index (χ0n) is 11.8. The van der Waals surface area contributed by atoms with Gasteiger partial charge in [0.15, 0.2) is 0 Å². The molecule has 2 nitrogen and oxygen atoms in total. The first-order chi connectivity index (χ1) is 8.87. The maximum atomic E-state index is 6.28. The van der Waals surface area contributed by atoms with Crippen molar-refractivity contribution < 1.29 is 0 Å². The van der Waals surface area contributed by atoms with E-state index in [2.05, 4.69) is 31.0 Å². The fourth-order valence-corrected chi connectivity index (χ4v) is 2.82. The summed E-state index contributed by atoms with van der Waals surface area (Å²) in [5.74, 6) is 0.675. The van der Waals surface area contributed by atoms with E-state index in [9.17, 15) is 0 Å². The number of rotatable bonds is 3. The molecule has 1 unspecified atom stereocenters. The van der Waals surface area contributed by atoms with E-state index in [0.29, 0.717) is 16.0 Å². The SMILES string of the molecule is CC(C)(C)NCC1CCN(c2cccc(Cl)c2Cl)C1. The Morgan fingerprint density at radius 1 is 1.32 bits per heavy atom. The van der Waals surface area contributed by atoms with Crippen LogP contribution in [-0.2, 0) is 0 Å². The van der Waals surface area contributed by atoms with Gasteiger partial charge in [-0.1, -0.05) is 29.3 Å². The summed E-state index contributed by atoms with van der Waals surface area (Å²) in [6.07, 6.45) is 1.20. The number of benzene rings is 1. The first-order valence-corrected chi connectivity index (χ1v) is 7.56. The van der Waals surface area contributed by atoms with Crippen molar-refractivity contribution in [3.05, 3.63) is 28.2 Å². The second kappa shape index (κ2) is 5.90. The average molecular weight is 301 g/mol. The van der Waals surface area contributed by atoms with Crippen molar-refractivity contribution >= 4 is 28.9 Å². The van der Waals surface area contributed by atoms with Crippen molar-refractivity contribution in [2.75, 3.05) is 24.5 Å². The Morgan fingerprint density at radius 3 is 2.74 bits per heavy atom. The third-order valence-electron chi connectivity index (χ3n) is 3.48. The van der Waals surface area contributed by atoms with Crippen LogP contribution in [0, 0.1) is 5.92 Å². The summed E-state index contributed by atoms with van der Waals surface area (Å²) in [6.45, 7) is 9.76. The van der Waals surface area contributed by atoms with E-state index in [-0.39, 0.29) is 5.54 Å². The zero-order chi connectivity index (χ0) is 14.0. The Labute approximate surface area is 126 Å². The molecule has 1 fully saturated rings. The van der Waals surface area contributed by atoms with Crippen LogP contribution in [0.3, 0.4) is 0 Å². The minimum absolute atomic E-state index is 0.182. The fraction of sp³-hybridized carbons (Fsp3) is 0.600. The summed E-state index contributed by atoms with van der Waals surface area (Å²) in [5.41, 5.74) is 1.24. The minimum atomic E-state index is 0.182. The highest BCUT2D eigenvalue weighted by molar-refractivity contribution is 6.43. The van der Waals surface area contributed by atoms with Crippen LogP contribution in [0.1, 0.15) is 27.2 Å². The van der Waals surface area contributed by atoms with Gasteiger partial charge in [0.05, 0.1) is 15.7 Å². The first-order valence-electron chi connectivity index (χ1n) is 6.81. The highest BCUT2D eigenvalue weighted by atomic mass is 35.5. The molecule has 106 valence electrons. The summed E-state index contributed by atoms with van der Waals surface area (Å²) in [5, 5.41) is 4.89. The first kappa shape index (κ1) is 15.0. The van der Waals surface area contributed by atoms with Gasteiger partial charge in [0, 0.05) is 25.2 Å². The number of nitrogens with zero attached hydrogens (tertiary/aromatic N) is 1. The molecule has 1 aromatic carbocycles. The highest BCUT2D eigenvalue weighted by Crippen LogP contribution is 2.35. The Bertz CT molecular complexity index is 440. The van der Waals surface area contributed by atoms with Crippen LogP contribution in [0.4, 0.5) is 5.69 Å². The largest absolute Gasteiger partial charge is 0.370 e. The number of hydrogen-bond donors (Lipinski definition) is 1. The van der Waals surface area contributed by atoms with Gasteiger partial charge in [-0.25, -0.2) is 0 Å². The molecular weight excluding hydrogens is 279 g/mol. The molecule has 0 spiro atoms. The predicted octanol–water partition coefficient (Wildman–Crippen LogP) is 4.21. The maximum Gasteiger partial charge on any atom is 0.0825 e. The molecule has 1 aliphatic heterocycles. The number of nitrogens with one attached hydrogen (secondary N) is 1. The van der Waals surface area contributed by atoms with Gasteiger partial charge in [-0.3, -0.25) is 0 Å². The lowest BCUT2D eigenvalue weighted by Gasteiger charge is -2.24. The second-order valence-corrected chi connectivity index (χ2v) is 7.09. The zero-order valence-corrected chi connectivity index (χ0v) is 13.4. The molecule has 1 atom stereocenters. The molecule has 1 saturated heterocycles. The van der Waals surface area contributed by atoms with E-state index in [4.69, 9.17) is 23.2 Å². The van der Waals surface area contributed by atoms with Crippen LogP contribution < -0.4 is 10.2 Å². The van der Waals surface area contributed by atoms with Gasteiger partial charge in [0.2, 0.25) is 0 Å². The molecule has 19 heavy (non-hydrogen) atoms. The van der Waals surface area contributed by atoms with E-state index in [1.54, 1.807) is 0 Å². The Kier molecular flexibility index (Phi) is 4.65. The molecule has 0 aromatic heterocycles. The van der Waals surface area contributed by atoms with Crippen LogP contribution in [0.15, 0.2) is 18.2 Å². The van der Waals surface area contributed by atoms with Crippen molar-refractivity contribution in [1.82, 2.24) is 5.32 Å². The van der Waals surface area contributed by atoms with E-state index < -0.39 is 0 Å². The van der Waals surface area contributed by atoms with Crippen molar-refractivity contribution in [3.8, 4) is 0 Å². The quantitative estimate of drug-likeness (QED) is 0.899. The third kappa shape index (κ3) is 4.01. The lowest BCUT2D eigenvalue weighted by Crippen LogP contribution is -2.39. The van der Waals surface area contributed by atoms with Crippen molar-refractivity contribution in [1.29, 1.82) is 0 Å². The molecule has 0 aliphatic carbocycles. The predicted molar refractivity (Wildman–Crippen MR) is 84.5 cm³/mol. The third-order valence-corrected chi connectivity index (χ3v) is 4.29. The molecule has 0 amide bonds. The van der Waals surface area contributed by atoms with Crippen LogP contribution >= 0.6 is 23.2 Å². The van der Waals surface area contributed by atoms with Crippen molar-refractivity contribution in [2.45, 2.75) is 32.7 Å². The van der Waals surface area contributed by atoms with Gasteiger partial charge < -0.3 is 10.2 Å². The molecule has 0 bridgehead atoms. The summed E-state index contributed by atoms with van der Waals surface area (Å²) in [7, 11) is 0. The number of anilines is 1. The summed E-state index contributed by atoms with van der Waals surface area (Å²) < 4.78 is 0. The molecule has 0 radical (unpaired) electrons.